The first kappa shape index (κ1) is 17.5. The summed E-state index contributed by atoms with van der Waals surface area (Å²) >= 11 is 0. The third kappa shape index (κ3) is 3.54. The lowest BCUT2D eigenvalue weighted by Crippen LogP contribution is -2.54. The molecule has 4 bridgehead atoms. The van der Waals surface area contributed by atoms with E-state index < -0.39 is 0 Å². The molecule has 0 aromatic heterocycles. The van der Waals surface area contributed by atoms with Crippen LogP contribution in [0.3, 0.4) is 0 Å². The highest BCUT2D eigenvalue weighted by Gasteiger charge is 2.50. The van der Waals surface area contributed by atoms with Crippen LogP contribution in [0.4, 0.5) is 0 Å². The van der Waals surface area contributed by atoms with Crippen LogP contribution in [0.5, 0.6) is 0 Å². The second-order valence-electron chi connectivity index (χ2n) is 8.61. The van der Waals surface area contributed by atoms with Gasteiger partial charge in [0, 0.05) is 19.8 Å². The summed E-state index contributed by atoms with van der Waals surface area (Å²) in [7, 11) is 0. The van der Waals surface area contributed by atoms with E-state index in [2.05, 4.69) is 5.32 Å². The molecule has 23 heavy (non-hydrogen) atoms. The molecule has 0 spiro atoms. The van der Waals surface area contributed by atoms with Crippen molar-refractivity contribution in [1.82, 2.24) is 5.32 Å². The molecule has 5 heteroatoms. The third-order valence-electron chi connectivity index (χ3n) is 6.88. The van der Waals surface area contributed by atoms with Gasteiger partial charge in [0.1, 0.15) is 0 Å². The van der Waals surface area contributed by atoms with Gasteiger partial charge in [-0.15, -0.1) is 12.4 Å². The molecular weight excluding hydrogens is 312 g/mol. The summed E-state index contributed by atoms with van der Waals surface area (Å²) in [4.78, 5) is 12.5. The predicted octanol–water partition coefficient (Wildman–Crippen LogP) is 2.49. The highest BCUT2D eigenvalue weighted by molar-refractivity contribution is 5.85. The van der Waals surface area contributed by atoms with E-state index in [9.17, 15) is 4.79 Å². The molecule has 3 N–H and O–H groups in total. The molecule has 1 saturated heterocycles. The van der Waals surface area contributed by atoms with Gasteiger partial charge in [-0.05, 0) is 80.5 Å². The average Bonchev–Trinajstić information content (AvgIpc) is 2.51. The number of rotatable bonds is 4. The lowest BCUT2D eigenvalue weighted by atomic mass is 9.49. The first-order chi connectivity index (χ1) is 10.6. The van der Waals surface area contributed by atoms with Crippen LogP contribution in [-0.2, 0) is 9.53 Å². The first-order valence-electron chi connectivity index (χ1n) is 9.25. The summed E-state index contributed by atoms with van der Waals surface area (Å²) in [6, 6.07) is -0.349. The van der Waals surface area contributed by atoms with Gasteiger partial charge in [0.25, 0.3) is 0 Å². The Labute approximate surface area is 145 Å². The van der Waals surface area contributed by atoms with Gasteiger partial charge in [-0.2, -0.15) is 0 Å². The molecule has 0 radical (unpaired) electrons. The van der Waals surface area contributed by atoms with E-state index in [4.69, 9.17) is 10.5 Å². The topological polar surface area (TPSA) is 64.4 Å². The number of carbonyl (C=O) groups is 1. The number of halogens is 1. The molecule has 1 aliphatic heterocycles. The van der Waals surface area contributed by atoms with Gasteiger partial charge in [0.15, 0.2) is 0 Å². The summed E-state index contributed by atoms with van der Waals surface area (Å²) in [6.45, 7) is 2.37. The largest absolute Gasteiger partial charge is 0.381 e. The predicted molar refractivity (Wildman–Crippen MR) is 92.4 cm³/mol. The smallest absolute Gasteiger partial charge is 0.237 e. The fraction of sp³-hybridized carbons (Fsp3) is 0.944. The molecule has 1 unspecified atom stereocenters. The monoisotopic (exact) mass is 342 g/mol. The van der Waals surface area contributed by atoms with Crippen molar-refractivity contribution in [3.8, 4) is 0 Å². The average molecular weight is 343 g/mol. The lowest BCUT2D eigenvalue weighted by molar-refractivity contribution is -0.126. The van der Waals surface area contributed by atoms with Crippen LogP contribution in [0.15, 0.2) is 0 Å². The zero-order chi connectivity index (χ0) is 15.2. The van der Waals surface area contributed by atoms with Gasteiger partial charge in [0.2, 0.25) is 5.91 Å². The molecule has 1 heterocycles. The Bertz CT molecular complexity index is 401. The Balaban J connectivity index is 0.00000156. The van der Waals surface area contributed by atoms with Crippen LogP contribution in [0.25, 0.3) is 0 Å². The molecule has 1 atom stereocenters. The van der Waals surface area contributed by atoms with Crippen LogP contribution in [0.2, 0.25) is 0 Å². The van der Waals surface area contributed by atoms with Gasteiger partial charge < -0.3 is 15.8 Å². The molecule has 1 amide bonds. The van der Waals surface area contributed by atoms with Crippen LogP contribution in [0, 0.1) is 29.1 Å². The summed E-state index contributed by atoms with van der Waals surface area (Å²) in [5.74, 6) is 3.18. The van der Waals surface area contributed by atoms with Gasteiger partial charge >= 0.3 is 0 Å². The number of hydrogen-bond acceptors (Lipinski definition) is 3. The number of amides is 1. The van der Waals surface area contributed by atoms with Crippen molar-refractivity contribution >= 4 is 18.3 Å². The first-order valence-corrected chi connectivity index (χ1v) is 9.25. The number of carbonyl (C=O) groups excluding carboxylic acids is 1. The minimum atomic E-state index is -0.349. The molecule has 4 nitrogen and oxygen atoms in total. The van der Waals surface area contributed by atoms with Crippen molar-refractivity contribution in [3.63, 3.8) is 0 Å². The van der Waals surface area contributed by atoms with Crippen molar-refractivity contribution < 1.29 is 9.53 Å². The van der Waals surface area contributed by atoms with E-state index in [1.165, 1.54) is 38.5 Å². The summed E-state index contributed by atoms with van der Waals surface area (Å²) < 4.78 is 5.37. The summed E-state index contributed by atoms with van der Waals surface area (Å²) in [6.07, 6.45) is 10.2. The Morgan fingerprint density at radius 2 is 1.61 bits per heavy atom. The fourth-order valence-electron chi connectivity index (χ4n) is 6.19. The lowest BCUT2D eigenvalue weighted by Gasteiger charge is -2.57. The zero-order valence-corrected chi connectivity index (χ0v) is 14.8. The number of nitrogens with two attached hydrogens (primary N) is 1. The maximum Gasteiger partial charge on any atom is 0.237 e. The van der Waals surface area contributed by atoms with Gasteiger partial charge in [-0.25, -0.2) is 0 Å². The standard InChI is InChI=1S/C18H30N2O2.ClH/c19-16(15-1-3-22-4-2-15)17(21)20-11-18-8-12-5-13(9-18)7-14(6-12)10-18;/h12-16H,1-11,19H2,(H,20,21);1H. The maximum absolute atomic E-state index is 12.5. The maximum atomic E-state index is 12.5. The molecule has 4 saturated carbocycles. The molecule has 0 aromatic rings. The van der Waals surface area contributed by atoms with E-state index in [0.29, 0.717) is 11.3 Å². The highest BCUT2D eigenvalue weighted by atomic mass is 35.5. The van der Waals surface area contributed by atoms with Gasteiger partial charge in [-0.3, -0.25) is 4.79 Å². The van der Waals surface area contributed by atoms with Crippen molar-refractivity contribution in [1.29, 1.82) is 0 Å². The molecule has 5 rings (SSSR count). The summed E-state index contributed by atoms with van der Waals surface area (Å²) in [5.41, 5.74) is 6.60. The minimum absolute atomic E-state index is 0. The van der Waals surface area contributed by atoms with Crippen molar-refractivity contribution in [2.75, 3.05) is 19.8 Å². The molecule has 132 valence electrons. The Morgan fingerprint density at radius 1 is 1.09 bits per heavy atom. The van der Waals surface area contributed by atoms with Crippen molar-refractivity contribution in [2.45, 2.75) is 57.4 Å². The SMILES string of the molecule is Cl.NC(C(=O)NCC12CC3CC(CC(C3)C1)C2)C1CCOCC1. The second kappa shape index (κ2) is 6.89. The van der Waals surface area contributed by atoms with Crippen LogP contribution in [-0.4, -0.2) is 31.7 Å². The Morgan fingerprint density at radius 3 is 2.13 bits per heavy atom. The molecular formula is C18H31ClN2O2. The van der Waals surface area contributed by atoms with Crippen molar-refractivity contribution in [2.24, 2.45) is 34.8 Å². The van der Waals surface area contributed by atoms with Gasteiger partial charge in [0.05, 0.1) is 6.04 Å². The van der Waals surface area contributed by atoms with Gasteiger partial charge in [-0.1, -0.05) is 0 Å². The summed E-state index contributed by atoms with van der Waals surface area (Å²) in [5, 5.41) is 3.23. The molecule has 4 aliphatic carbocycles. The van der Waals surface area contributed by atoms with Crippen LogP contribution in [0.1, 0.15) is 51.4 Å². The van der Waals surface area contributed by atoms with E-state index in [1.807, 2.05) is 0 Å². The third-order valence-corrected chi connectivity index (χ3v) is 6.88. The Hall–Kier alpha value is -0.320. The fourth-order valence-corrected chi connectivity index (χ4v) is 6.19. The number of ether oxygens (including phenoxy) is 1. The van der Waals surface area contributed by atoms with Crippen LogP contribution < -0.4 is 11.1 Å². The normalized spacial score (nSPS) is 40.5. The molecule has 5 fully saturated rings. The quantitative estimate of drug-likeness (QED) is 0.825. The number of nitrogens with one attached hydrogen (secondary N) is 1. The van der Waals surface area contributed by atoms with E-state index in [1.54, 1.807) is 0 Å². The van der Waals surface area contributed by atoms with E-state index >= 15 is 0 Å². The Kier molecular flexibility index (Phi) is 5.24. The molecule has 0 aromatic carbocycles. The van der Waals surface area contributed by atoms with Crippen LogP contribution >= 0.6 is 12.4 Å². The van der Waals surface area contributed by atoms with Crippen molar-refractivity contribution in [3.05, 3.63) is 0 Å². The highest BCUT2D eigenvalue weighted by Crippen LogP contribution is 2.59. The zero-order valence-electron chi connectivity index (χ0n) is 14.0. The second-order valence-corrected chi connectivity index (χ2v) is 8.61. The van der Waals surface area contributed by atoms with E-state index in [0.717, 1.165) is 50.4 Å². The molecule has 5 aliphatic rings. The number of hydrogen-bond donors (Lipinski definition) is 2. The van der Waals surface area contributed by atoms with E-state index in [-0.39, 0.29) is 24.4 Å². The minimum Gasteiger partial charge on any atom is -0.381 e.